The van der Waals surface area contributed by atoms with E-state index in [1.54, 1.807) is 41.4 Å². The zero-order chi connectivity index (χ0) is 21.1. The van der Waals surface area contributed by atoms with Crippen molar-refractivity contribution in [1.29, 1.82) is 0 Å². The highest BCUT2D eigenvalue weighted by atomic mass is 32.1. The van der Waals surface area contributed by atoms with E-state index >= 15 is 0 Å². The Balaban J connectivity index is 1.39. The molecule has 0 radical (unpaired) electrons. The van der Waals surface area contributed by atoms with Gasteiger partial charge in [-0.05, 0) is 36.9 Å². The second-order valence-electron chi connectivity index (χ2n) is 6.70. The molecular formula is C21H19N3O4S2. The zero-order valence-electron chi connectivity index (χ0n) is 16.2. The Morgan fingerprint density at radius 3 is 2.80 bits per heavy atom. The lowest BCUT2D eigenvalue weighted by atomic mass is 10.2. The Labute approximate surface area is 181 Å². The van der Waals surface area contributed by atoms with Crippen molar-refractivity contribution in [3.05, 3.63) is 52.3 Å². The van der Waals surface area contributed by atoms with Crippen LogP contribution in [0.5, 0.6) is 0 Å². The molecule has 154 valence electrons. The lowest BCUT2D eigenvalue weighted by Gasteiger charge is -2.19. The summed E-state index contributed by atoms with van der Waals surface area (Å²) in [5.41, 5.74) is 1.74. The van der Waals surface area contributed by atoms with Crippen LogP contribution in [0.2, 0.25) is 0 Å². The summed E-state index contributed by atoms with van der Waals surface area (Å²) in [6.07, 6.45) is 1.29. The first-order chi connectivity index (χ1) is 14.5. The fourth-order valence-corrected chi connectivity index (χ4v) is 4.95. The smallest absolute Gasteiger partial charge is 0.350 e. The van der Waals surface area contributed by atoms with E-state index < -0.39 is 18.5 Å². The molecule has 1 fully saturated rings. The molecule has 0 bridgehead atoms. The van der Waals surface area contributed by atoms with Crippen LogP contribution in [0.4, 0.5) is 11.4 Å². The third kappa shape index (κ3) is 4.27. The fourth-order valence-electron chi connectivity index (χ4n) is 3.19. The van der Waals surface area contributed by atoms with Gasteiger partial charge in [-0.3, -0.25) is 9.59 Å². The Morgan fingerprint density at radius 1 is 1.23 bits per heavy atom. The number of nitrogens with zero attached hydrogens (tertiary/aromatic N) is 2. The van der Waals surface area contributed by atoms with Gasteiger partial charge in [-0.2, -0.15) is 0 Å². The number of ether oxygens (including phenoxy) is 1. The maximum absolute atomic E-state index is 12.4. The van der Waals surface area contributed by atoms with Crippen LogP contribution in [-0.4, -0.2) is 35.9 Å². The van der Waals surface area contributed by atoms with Crippen molar-refractivity contribution in [2.75, 3.05) is 23.4 Å². The molecule has 0 spiro atoms. The SMILES string of the molecule is Cc1nc(-c2cccs2)sc1C(=O)OCC(=O)Nc1ccccc1N1CCCC1=O. The van der Waals surface area contributed by atoms with Crippen LogP contribution in [0.3, 0.4) is 0 Å². The summed E-state index contributed by atoms with van der Waals surface area (Å²) in [5.74, 6) is -1.01. The van der Waals surface area contributed by atoms with Crippen molar-refractivity contribution in [2.24, 2.45) is 0 Å². The Hall–Kier alpha value is -3.04. The van der Waals surface area contributed by atoms with E-state index in [0.29, 0.717) is 34.9 Å². The number of hydrogen-bond donors (Lipinski definition) is 1. The van der Waals surface area contributed by atoms with Crippen LogP contribution < -0.4 is 10.2 Å². The van der Waals surface area contributed by atoms with E-state index in [0.717, 1.165) is 16.3 Å². The monoisotopic (exact) mass is 441 g/mol. The lowest BCUT2D eigenvalue weighted by molar-refractivity contribution is -0.119. The minimum atomic E-state index is -0.578. The summed E-state index contributed by atoms with van der Waals surface area (Å²) in [4.78, 5) is 44.3. The number of thiophene rings is 1. The number of aryl methyl sites for hydroxylation is 1. The average Bonchev–Trinajstić information content (AvgIpc) is 3.48. The van der Waals surface area contributed by atoms with Gasteiger partial charge < -0.3 is 15.0 Å². The molecule has 2 amide bonds. The maximum atomic E-state index is 12.4. The minimum absolute atomic E-state index is 0.0327. The number of carbonyl (C=O) groups is 3. The predicted octanol–water partition coefficient (Wildman–Crippen LogP) is 4.10. The number of esters is 1. The highest BCUT2D eigenvalue weighted by molar-refractivity contribution is 7.22. The third-order valence-electron chi connectivity index (χ3n) is 4.59. The normalized spacial score (nSPS) is 13.5. The van der Waals surface area contributed by atoms with Gasteiger partial charge in [0.15, 0.2) is 6.61 Å². The summed E-state index contributed by atoms with van der Waals surface area (Å²) in [6, 6.07) is 11.0. The maximum Gasteiger partial charge on any atom is 0.350 e. The van der Waals surface area contributed by atoms with Crippen molar-refractivity contribution in [2.45, 2.75) is 19.8 Å². The van der Waals surface area contributed by atoms with Crippen LogP contribution in [0, 0.1) is 6.92 Å². The highest BCUT2D eigenvalue weighted by Crippen LogP contribution is 2.32. The van der Waals surface area contributed by atoms with Gasteiger partial charge >= 0.3 is 5.97 Å². The van der Waals surface area contributed by atoms with Gasteiger partial charge in [0, 0.05) is 13.0 Å². The average molecular weight is 442 g/mol. The molecule has 7 nitrogen and oxygen atoms in total. The van der Waals surface area contributed by atoms with Crippen molar-refractivity contribution in [1.82, 2.24) is 4.98 Å². The van der Waals surface area contributed by atoms with Crippen LogP contribution in [-0.2, 0) is 14.3 Å². The molecule has 3 heterocycles. The van der Waals surface area contributed by atoms with Gasteiger partial charge in [0.05, 0.1) is 21.9 Å². The molecule has 0 unspecified atom stereocenters. The number of benzene rings is 1. The zero-order valence-corrected chi connectivity index (χ0v) is 17.8. The largest absolute Gasteiger partial charge is 0.451 e. The first-order valence-corrected chi connectivity index (χ1v) is 11.1. The van der Waals surface area contributed by atoms with E-state index in [2.05, 4.69) is 10.3 Å². The topological polar surface area (TPSA) is 88.6 Å². The summed E-state index contributed by atoms with van der Waals surface area (Å²) in [7, 11) is 0. The number of hydrogen-bond acceptors (Lipinski definition) is 7. The van der Waals surface area contributed by atoms with Crippen LogP contribution >= 0.6 is 22.7 Å². The number of rotatable bonds is 6. The molecule has 0 aliphatic carbocycles. The van der Waals surface area contributed by atoms with Crippen molar-refractivity contribution in [3.8, 4) is 9.88 Å². The molecule has 4 rings (SSSR count). The summed E-state index contributed by atoms with van der Waals surface area (Å²) < 4.78 is 5.20. The molecule has 1 aliphatic rings. The number of nitrogens with one attached hydrogen (secondary N) is 1. The number of anilines is 2. The molecule has 30 heavy (non-hydrogen) atoms. The molecular weight excluding hydrogens is 422 g/mol. The molecule has 0 saturated carbocycles. The third-order valence-corrected chi connectivity index (χ3v) is 6.77. The van der Waals surface area contributed by atoms with Crippen LogP contribution in [0.25, 0.3) is 9.88 Å². The number of carbonyl (C=O) groups excluding carboxylic acids is 3. The van der Waals surface area contributed by atoms with Gasteiger partial charge in [-0.15, -0.1) is 22.7 Å². The van der Waals surface area contributed by atoms with Crippen LogP contribution in [0.15, 0.2) is 41.8 Å². The van der Waals surface area contributed by atoms with E-state index in [1.165, 1.54) is 11.3 Å². The molecule has 0 atom stereocenters. The Kier molecular flexibility index (Phi) is 5.91. The molecule has 2 aromatic heterocycles. The summed E-state index contributed by atoms with van der Waals surface area (Å²) >= 11 is 2.79. The van der Waals surface area contributed by atoms with Gasteiger partial charge in [-0.1, -0.05) is 18.2 Å². The first kappa shape index (κ1) is 20.2. The molecule has 9 heteroatoms. The van der Waals surface area contributed by atoms with Gasteiger partial charge in [0.1, 0.15) is 9.88 Å². The van der Waals surface area contributed by atoms with Crippen molar-refractivity contribution >= 4 is 51.8 Å². The number of thiazole rings is 1. The van der Waals surface area contributed by atoms with Gasteiger partial charge in [0.25, 0.3) is 5.91 Å². The molecule has 1 aromatic carbocycles. The molecule has 1 N–H and O–H groups in total. The second-order valence-corrected chi connectivity index (χ2v) is 8.65. The van der Waals surface area contributed by atoms with Gasteiger partial charge in [-0.25, -0.2) is 9.78 Å². The number of aromatic nitrogens is 1. The van der Waals surface area contributed by atoms with E-state index in [-0.39, 0.29) is 5.91 Å². The van der Waals surface area contributed by atoms with Crippen molar-refractivity contribution < 1.29 is 19.1 Å². The van der Waals surface area contributed by atoms with Crippen molar-refractivity contribution in [3.63, 3.8) is 0 Å². The minimum Gasteiger partial charge on any atom is -0.451 e. The molecule has 3 aromatic rings. The Bertz CT molecular complexity index is 1090. The molecule has 1 aliphatic heterocycles. The lowest BCUT2D eigenvalue weighted by Crippen LogP contribution is -2.27. The van der Waals surface area contributed by atoms with Gasteiger partial charge in [0.2, 0.25) is 5.91 Å². The Morgan fingerprint density at radius 2 is 2.07 bits per heavy atom. The summed E-state index contributed by atoms with van der Waals surface area (Å²) in [5, 5.41) is 5.44. The van der Waals surface area contributed by atoms with Crippen LogP contribution in [0.1, 0.15) is 28.2 Å². The van der Waals surface area contributed by atoms with E-state index in [1.807, 2.05) is 23.6 Å². The first-order valence-electron chi connectivity index (χ1n) is 9.40. The predicted molar refractivity (Wildman–Crippen MR) is 117 cm³/mol. The quantitative estimate of drug-likeness (QED) is 0.582. The standard InChI is InChI=1S/C21H19N3O4S2/c1-13-19(30-20(22-13)16-8-5-11-29-16)21(27)28-12-17(25)23-14-6-2-3-7-15(14)24-10-4-9-18(24)26/h2-3,5-8,11H,4,9-10,12H2,1H3,(H,23,25). The number of para-hydroxylation sites is 2. The molecule has 1 saturated heterocycles. The van der Waals surface area contributed by atoms with E-state index in [4.69, 9.17) is 4.74 Å². The highest BCUT2D eigenvalue weighted by Gasteiger charge is 2.24. The second kappa shape index (κ2) is 8.76. The van der Waals surface area contributed by atoms with E-state index in [9.17, 15) is 14.4 Å². The number of amides is 2. The summed E-state index contributed by atoms with van der Waals surface area (Å²) in [6.45, 7) is 1.94. The fraction of sp³-hybridized carbons (Fsp3) is 0.238.